The zero-order chi connectivity index (χ0) is 18.6. The van der Waals surface area contributed by atoms with Gasteiger partial charge in [0.15, 0.2) is 5.78 Å². The summed E-state index contributed by atoms with van der Waals surface area (Å²) in [4.78, 5) is 24.8. The summed E-state index contributed by atoms with van der Waals surface area (Å²) >= 11 is 1.66. The number of benzene rings is 1. The predicted octanol–water partition coefficient (Wildman–Crippen LogP) is 2.62. The fourth-order valence-electron chi connectivity index (χ4n) is 3.14. The molecule has 0 saturated carbocycles. The molecular weight excluding hydrogens is 358 g/mol. The van der Waals surface area contributed by atoms with Gasteiger partial charge < -0.3 is 16.0 Å². The molecule has 0 atom stereocenters. The molecule has 3 heterocycles. The van der Waals surface area contributed by atoms with Crippen molar-refractivity contribution in [1.29, 1.82) is 0 Å². The van der Waals surface area contributed by atoms with Crippen LogP contribution in [-0.2, 0) is 6.42 Å². The topological polar surface area (TPSA) is 84.1 Å². The zero-order valence-corrected chi connectivity index (χ0v) is 15.7. The molecule has 27 heavy (non-hydrogen) atoms. The van der Waals surface area contributed by atoms with E-state index in [0.717, 1.165) is 48.0 Å². The Morgan fingerprint density at radius 1 is 1.19 bits per heavy atom. The number of carbonyl (C=O) groups is 1. The summed E-state index contributed by atoms with van der Waals surface area (Å²) in [5.74, 6) is 0.733. The molecule has 2 aromatic heterocycles. The third kappa shape index (κ3) is 3.99. The first kappa shape index (κ1) is 17.6. The van der Waals surface area contributed by atoms with Crippen molar-refractivity contribution >= 4 is 28.6 Å². The summed E-state index contributed by atoms with van der Waals surface area (Å²) in [7, 11) is 0. The van der Waals surface area contributed by atoms with E-state index in [0.29, 0.717) is 11.4 Å². The Morgan fingerprint density at radius 2 is 2.04 bits per heavy atom. The molecule has 3 N–H and O–H groups in total. The number of nitrogen functional groups attached to an aromatic ring is 1. The number of anilines is 2. The molecule has 138 valence electrons. The lowest BCUT2D eigenvalue weighted by Crippen LogP contribution is -2.43. The maximum Gasteiger partial charge on any atom is 0.187 e. The summed E-state index contributed by atoms with van der Waals surface area (Å²) < 4.78 is 0. The van der Waals surface area contributed by atoms with Gasteiger partial charge in [0.05, 0.1) is 12.4 Å². The van der Waals surface area contributed by atoms with Crippen molar-refractivity contribution in [1.82, 2.24) is 15.3 Å². The zero-order valence-electron chi connectivity index (χ0n) is 14.9. The summed E-state index contributed by atoms with van der Waals surface area (Å²) in [5.41, 5.74) is 8.97. The number of piperazine rings is 1. The smallest absolute Gasteiger partial charge is 0.187 e. The average molecular weight is 379 g/mol. The minimum atomic E-state index is -0.0793. The lowest BCUT2D eigenvalue weighted by atomic mass is 10.0. The van der Waals surface area contributed by atoms with Gasteiger partial charge in [0.1, 0.15) is 11.5 Å². The maximum atomic E-state index is 12.7. The first-order valence-electron chi connectivity index (χ1n) is 8.94. The quantitative estimate of drug-likeness (QED) is 0.524. The SMILES string of the molecule is Nc1ccc(-c2cccs2)cc1CC(=O)c1cnc(N2CCNCC2)cn1. The van der Waals surface area contributed by atoms with Crippen LogP contribution in [0.1, 0.15) is 16.1 Å². The van der Waals surface area contributed by atoms with Gasteiger partial charge in [-0.25, -0.2) is 9.97 Å². The summed E-state index contributed by atoms with van der Waals surface area (Å²) in [5, 5.41) is 5.34. The standard InChI is InChI=1S/C20H21N5OS/c21-16-4-3-14(19-2-1-9-27-19)10-15(16)11-18(26)17-12-24-20(13-23-17)25-7-5-22-6-8-25/h1-4,9-10,12-13,22H,5-8,11,21H2. The number of rotatable bonds is 5. The molecule has 4 rings (SSSR count). The molecule has 0 aliphatic carbocycles. The number of aromatic nitrogens is 2. The molecule has 6 nitrogen and oxygen atoms in total. The number of ketones is 1. The van der Waals surface area contributed by atoms with E-state index in [9.17, 15) is 4.79 Å². The fourth-order valence-corrected chi connectivity index (χ4v) is 3.86. The van der Waals surface area contributed by atoms with E-state index in [1.165, 1.54) is 0 Å². The molecule has 0 radical (unpaired) electrons. The van der Waals surface area contributed by atoms with Crippen LogP contribution >= 0.6 is 11.3 Å². The Hall–Kier alpha value is -2.77. The van der Waals surface area contributed by atoms with Crippen molar-refractivity contribution in [2.24, 2.45) is 0 Å². The van der Waals surface area contributed by atoms with E-state index < -0.39 is 0 Å². The highest BCUT2D eigenvalue weighted by Gasteiger charge is 2.15. The van der Waals surface area contributed by atoms with Crippen LogP contribution < -0.4 is 16.0 Å². The second-order valence-corrected chi connectivity index (χ2v) is 7.44. The van der Waals surface area contributed by atoms with Crippen molar-refractivity contribution in [3.8, 4) is 10.4 Å². The lowest BCUT2D eigenvalue weighted by molar-refractivity contribution is 0.0988. The number of hydrogen-bond acceptors (Lipinski definition) is 7. The summed E-state index contributed by atoms with van der Waals surface area (Å²) in [6, 6.07) is 9.90. The van der Waals surface area contributed by atoms with Crippen molar-refractivity contribution < 1.29 is 4.79 Å². The van der Waals surface area contributed by atoms with Crippen LogP contribution in [-0.4, -0.2) is 41.9 Å². The highest BCUT2D eigenvalue weighted by atomic mass is 32.1. The van der Waals surface area contributed by atoms with Gasteiger partial charge in [0.25, 0.3) is 0 Å². The highest BCUT2D eigenvalue weighted by molar-refractivity contribution is 7.13. The largest absolute Gasteiger partial charge is 0.398 e. The van der Waals surface area contributed by atoms with Gasteiger partial charge in [-0.2, -0.15) is 0 Å². The minimum Gasteiger partial charge on any atom is -0.398 e. The number of thiophene rings is 1. The molecule has 1 saturated heterocycles. The molecule has 3 aromatic rings. The van der Waals surface area contributed by atoms with Gasteiger partial charge in [0.2, 0.25) is 0 Å². The highest BCUT2D eigenvalue weighted by Crippen LogP contribution is 2.28. The molecule has 1 aromatic carbocycles. The van der Waals surface area contributed by atoms with Gasteiger partial charge in [0, 0.05) is 43.2 Å². The van der Waals surface area contributed by atoms with Gasteiger partial charge in [-0.3, -0.25) is 4.79 Å². The molecule has 7 heteroatoms. The average Bonchev–Trinajstić information content (AvgIpc) is 3.25. The first-order valence-corrected chi connectivity index (χ1v) is 9.82. The molecule has 1 aliphatic heterocycles. The Kier molecular flexibility index (Phi) is 5.13. The van der Waals surface area contributed by atoms with Crippen LogP contribution in [0.3, 0.4) is 0 Å². The van der Waals surface area contributed by atoms with Gasteiger partial charge in [-0.15, -0.1) is 11.3 Å². The predicted molar refractivity (Wildman–Crippen MR) is 109 cm³/mol. The number of nitrogens with two attached hydrogens (primary N) is 1. The third-order valence-electron chi connectivity index (χ3n) is 4.66. The molecular formula is C20H21N5OS. The van der Waals surface area contributed by atoms with Gasteiger partial charge >= 0.3 is 0 Å². The van der Waals surface area contributed by atoms with Crippen molar-refractivity contribution in [3.05, 3.63) is 59.4 Å². The Labute approximate surface area is 162 Å². The second-order valence-electron chi connectivity index (χ2n) is 6.49. The van der Waals surface area contributed by atoms with Crippen molar-refractivity contribution in [3.63, 3.8) is 0 Å². The van der Waals surface area contributed by atoms with E-state index in [-0.39, 0.29) is 12.2 Å². The number of nitrogens with one attached hydrogen (secondary N) is 1. The monoisotopic (exact) mass is 379 g/mol. The lowest BCUT2D eigenvalue weighted by Gasteiger charge is -2.27. The summed E-state index contributed by atoms with van der Waals surface area (Å²) in [6.45, 7) is 3.66. The first-order chi connectivity index (χ1) is 13.2. The number of nitrogens with zero attached hydrogens (tertiary/aromatic N) is 3. The number of Topliss-reactive ketones (excluding diaryl/α,β-unsaturated/α-hetero) is 1. The molecule has 0 bridgehead atoms. The van der Waals surface area contributed by atoms with Crippen LogP contribution in [0.15, 0.2) is 48.1 Å². The van der Waals surface area contributed by atoms with Gasteiger partial charge in [-0.05, 0) is 34.7 Å². The van der Waals surface area contributed by atoms with Crippen molar-refractivity contribution in [2.45, 2.75) is 6.42 Å². The summed E-state index contributed by atoms with van der Waals surface area (Å²) in [6.07, 6.45) is 3.47. The molecule has 1 aliphatic rings. The molecule has 0 amide bonds. The fraction of sp³-hybridized carbons (Fsp3) is 0.250. The van der Waals surface area contributed by atoms with Crippen molar-refractivity contribution in [2.75, 3.05) is 36.8 Å². The Balaban J connectivity index is 1.49. The van der Waals surface area contributed by atoms with Crippen LogP contribution in [0.4, 0.5) is 11.5 Å². The van der Waals surface area contributed by atoms with Crippen LogP contribution in [0.25, 0.3) is 10.4 Å². The third-order valence-corrected chi connectivity index (χ3v) is 5.58. The van der Waals surface area contributed by atoms with E-state index in [1.54, 1.807) is 23.7 Å². The van der Waals surface area contributed by atoms with Gasteiger partial charge in [-0.1, -0.05) is 12.1 Å². The minimum absolute atomic E-state index is 0.0793. The Bertz CT molecular complexity index is 918. The number of carbonyl (C=O) groups excluding carboxylic acids is 1. The second kappa shape index (κ2) is 7.85. The molecule has 1 fully saturated rings. The van der Waals surface area contributed by atoms with E-state index in [1.807, 2.05) is 29.6 Å². The van der Waals surface area contributed by atoms with E-state index in [2.05, 4.69) is 26.3 Å². The van der Waals surface area contributed by atoms with E-state index >= 15 is 0 Å². The normalized spacial score (nSPS) is 14.3. The molecule has 0 spiro atoms. The molecule has 0 unspecified atom stereocenters. The van der Waals surface area contributed by atoms with E-state index in [4.69, 9.17) is 5.73 Å². The van der Waals surface area contributed by atoms with Crippen LogP contribution in [0.2, 0.25) is 0 Å². The number of hydrogen-bond donors (Lipinski definition) is 2. The Morgan fingerprint density at radius 3 is 2.74 bits per heavy atom. The van der Waals surface area contributed by atoms with Crippen LogP contribution in [0.5, 0.6) is 0 Å². The maximum absolute atomic E-state index is 12.7. The van der Waals surface area contributed by atoms with Crippen LogP contribution in [0, 0.1) is 0 Å².